The van der Waals surface area contributed by atoms with E-state index in [1.165, 1.54) is 80.5 Å². The molecule has 17 N–H and O–H groups in total. The van der Waals surface area contributed by atoms with Crippen LogP contribution in [0.2, 0.25) is 10.0 Å². The number of nitrogens with two attached hydrogens (primary N) is 6. The van der Waals surface area contributed by atoms with Crippen molar-refractivity contribution in [1.82, 2.24) is 59.8 Å². The van der Waals surface area contributed by atoms with Gasteiger partial charge < -0.3 is 123 Å². The lowest BCUT2D eigenvalue weighted by Gasteiger charge is -2.25. The van der Waals surface area contributed by atoms with Crippen LogP contribution in [0.4, 0.5) is 77.8 Å². The van der Waals surface area contributed by atoms with Gasteiger partial charge in [0.15, 0.2) is 74.9 Å². The first-order chi connectivity index (χ1) is 67.0. The monoisotopic (exact) mass is 2290 g/mol. The van der Waals surface area contributed by atoms with Crippen molar-refractivity contribution in [2.24, 2.45) is 0 Å². The van der Waals surface area contributed by atoms with Crippen LogP contribution in [-0.4, -0.2) is 189 Å². The zero-order valence-electron chi connectivity index (χ0n) is 88.4. The highest BCUT2D eigenvalue weighted by Gasteiger charge is 2.37. The first-order valence-corrected chi connectivity index (χ1v) is 48.5. The van der Waals surface area contributed by atoms with Gasteiger partial charge in [0.2, 0.25) is 17.6 Å². The molecule has 0 bridgehead atoms. The van der Waals surface area contributed by atoms with Crippen molar-refractivity contribution in [2.75, 3.05) is 158 Å². The second-order valence-corrected chi connectivity index (χ2v) is 43.7. The van der Waals surface area contributed by atoms with E-state index in [1.54, 1.807) is 63.2 Å². The summed E-state index contributed by atoms with van der Waals surface area (Å²) in [5.41, 5.74) is 40.0. The summed E-state index contributed by atoms with van der Waals surface area (Å²) >= 11 is 39.4. The van der Waals surface area contributed by atoms with Gasteiger partial charge in [-0.05, 0) is 66.2 Å². The number of hydrogen-bond acceptors (Lipinski definition) is 36. The van der Waals surface area contributed by atoms with Gasteiger partial charge in [0.05, 0.1) is 172 Å². The average molecular weight is 2300 g/mol. The largest absolute Gasteiger partial charge is 0.502 e. The van der Waals surface area contributed by atoms with Crippen molar-refractivity contribution in [3.63, 3.8) is 0 Å². The molecule has 0 radical (unpaired) electrons. The number of nitrogens with zero attached hydrogens (tertiary/aromatic N) is 14. The van der Waals surface area contributed by atoms with E-state index in [1.807, 2.05) is 125 Å². The molecule has 0 saturated heterocycles. The van der Waals surface area contributed by atoms with Gasteiger partial charge in [0.25, 0.3) is 0 Å². The number of methoxy groups -OCH3 is 11. The standard InChI is InChI=1S/C17H23ClN4O3.C17H23FN4O3.C16H21BrN4O2S.C16H21ClN4O2S.C16H21IN4O2S.C15H19FN4O2S/c2*1-8(23)22(5)12-9-11(10(18)13(24-6)14(12)25-7)20-16(17(2,3)4)21-15(9)19;3*1-7(24)19-11-8-10(9(17)12(22-5)13(11)23-6)20-15(16(2,3)4)21-14(8)18;1-6(23)18-10-7-9(8(16)11(21)12(10)22-5)19-14(15(2,3)4)20-13(7)17/h2*1-7H3,(H2,19,20,21);3*1-6H3,(H,19,24)(H2,18,20,21);21H,1-5H3,(H,18,23)(H2,17,19,20). The quantitative estimate of drug-likeness (QED) is 0.0298. The second kappa shape index (κ2) is 47.2. The summed E-state index contributed by atoms with van der Waals surface area (Å²) in [5, 5.41) is 25.6. The lowest BCUT2D eigenvalue weighted by Crippen LogP contribution is -2.25. The highest BCUT2D eigenvalue weighted by atomic mass is 127. The fourth-order valence-corrected chi connectivity index (χ4v) is 16.6. The Hall–Kier alpha value is -12.1. The van der Waals surface area contributed by atoms with Crippen LogP contribution in [0.1, 0.15) is 201 Å². The van der Waals surface area contributed by atoms with Gasteiger partial charge >= 0.3 is 0 Å². The van der Waals surface area contributed by atoms with Gasteiger partial charge in [-0.2, -0.15) is 0 Å². The van der Waals surface area contributed by atoms with E-state index in [-0.39, 0.29) is 112 Å². The van der Waals surface area contributed by atoms with Crippen LogP contribution in [0.15, 0.2) is 4.47 Å². The number of anilines is 12. The molecular formula is C97H128BrCl2F2IN24O14S4. The number of aromatic nitrogens is 12. The molecule has 0 aliphatic rings. The Morgan fingerprint density at radius 1 is 0.324 bits per heavy atom. The molecule has 6 aromatic carbocycles. The number of hydrogen-bond donors (Lipinski definition) is 11. The first kappa shape index (κ1) is 120. The number of nitrogens with one attached hydrogen (secondary N) is 4. The van der Waals surface area contributed by atoms with Crippen molar-refractivity contribution >= 4 is 277 Å². The number of amides is 2. The number of benzene rings is 6. The molecule has 12 aromatic rings. The maximum atomic E-state index is 15.1. The number of halogens is 6. The molecule has 0 unspecified atom stereocenters. The minimum atomic E-state index is -0.913. The predicted octanol–water partition coefficient (Wildman–Crippen LogP) is 20.8. The summed E-state index contributed by atoms with van der Waals surface area (Å²) in [6.45, 7) is 45.3. The summed E-state index contributed by atoms with van der Waals surface area (Å²) in [5.74, 6) is 5.12. The Morgan fingerprint density at radius 3 is 0.828 bits per heavy atom. The third kappa shape index (κ3) is 25.8. The number of nitrogen functional groups attached to an aromatic ring is 6. The van der Waals surface area contributed by atoms with Crippen LogP contribution in [-0.2, 0) is 42.1 Å². The van der Waals surface area contributed by atoms with E-state index >= 15 is 4.39 Å². The molecule has 48 heteroatoms. The van der Waals surface area contributed by atoms with Gasteiger partial charge in [-0.15, -0.1) is 0 Å². The molecule has 6 aromatic heterocycles. The third-order valence-corrected chi connectivity index (χ3v) is 24.1. The summed E-state index contributed by atoms with van der Waals surface area (Å²) in [4.78, 5) is 82.4. The number of thiocarbonyl (C=S) groups is 4. The molecule has 6 heterocycles. The van der Waals surface area contributed by atoms with Crippen molar-refractivity contribution in [3.8, 4) is 69.0 Å². The van der Waals surface area contributed by atoms with Crippen molar-refractivity contribution < 1.29 is 75.6 Å². The Balaban J connectivity index is 0.000000236. The Morgan fingerprint density at radius 2 is 0.538 bits per heavy atom. The maximum Gasteiger partial charge on any atom is 0.223 e. The van der Waals surface area contributed by atoms with Crippen LogP contribution in [0.5, 0.6) is 69.0 Å². The molecule has 38 nitrogen and oxygen atoms in total. The van der Waals surface area contributed by atoms with E-state index in [0.29, 0.717) is 188 Å². The molecule has 786 valence electrons. The molecule has 0 spiro atoms. The predicted molar refractivity (Wildman–Crippen MR) is 606 cm³/mol. The second-order valence-electron chi connectivity index (χ2n) is 38.6. The molecular weight excluding hydrogens is 2170 g/mol. The fourth-order valence-electron chi connectivity index (χ4n) is 14.1. The van der Waals surface area contributed by atoms with Gasteiger partial charge in [0.1, 0.15) is 113 Å². The lowest BCUT2D eigenvalue weighted by molar-refractivity contribution is -0.117. The number of carbonyl (C=O) groups is 2. The van der Waals surface area contributed by atoms with Crippen LogP contribution >= 0.6 is 111 Å². The Kier molecular flexibility index (Phi) is 39.0. The molecule has 0 atom stereocenters. The Labute approximate surface area is 895 Å². The van der Waals surface area contributed by atoms with Gasteiger partial charge in [0, 0.05) is 60.4 Å². The summed E-state index contributed by atoms with van der Waals surface area (Å²) in [6, 6.07) is 0. The number of fused-ring (bicyclic) bond motifs is 6. The van der Waals surface area contributed by atoms with Crippen LogP contribution in [0.25, 0.3) is 65.4 Å². The van der Waals surface area contributed by atoms with Crippen molar-refractivity contribution in [1.29, 1.82) is 0 Å². The molecule has 0 aliphatic carbocycles. The molecule has 0 aliphatic heterocycles. The maximum absolute atomic E-state index is 15.1. The molecule has 0 saturated carbocycles. The summed E-state index contributed by atoms with van der Waals surface area (Å²) in [7, 11) is 19.4. The summed E-state index contributed by atoms with van der Waals surface area (Å²) in [6.07, 6.45) is 0. The summed E-state index contributed by atoms with van der Waals surface area (Å²) < 4.78 is 90.6. The molecule has 2 amide bonds. The highest BCUT2D eigenvalue weighted by Crippen LogP contribution is 2.56. The SMILES string of the molecule is COc1c(O)c(F)c2nc(C(C)(C)C)nc(N)c2c1NC(C)=S.COc1c(OC)c(N(C)C(C)=O)c2c(N)nc(C(C)(C)C)nc2c1Cl.COc1c(OC)c(N(C)C(C)=O)c2c(N)nc(C(C)(C)C)nc2c1F.COc1c(OC)c(NC(C)=S)c2c(N)nc(C(C)(C)C)nc2c1Br.COc1c(OC)c(NC(C)=S)c2c(N)nc(C(C)(C)C)nc2c1Cl.COc1c(OC)c(NC(C)=S)c2c(N)nc(C(C)(C)C)nc2c1I. The normalized spacial score (nSPS) is 11.5. The minimum absolute atomic E-state index is 0.0156. The first-order valence-electron chi connectivity index (χ1n) is 44.2. The van der Waals surface area contributed by atoms with Crippen LogP contribution in [0, 0.1) is 15.2 Å². The van der Waals surface area contributed by atoms with E-state index < -0.39 is 28.2 Å². The fraction of sp³-hybridized carbons (Fsp3) is 0.443. The van der Waals surface area contributed by atoms with Crippen LogP contribution < -0.4 is 118 Å². The van der Waals surface area contributed by atoms with Gasteiger partial charge in [-0.3, -0.25) is 9.59 Å². The number of carbonyl (C=O) groups excluding carboxylic acids is 2. The zero-order valence-corrected chi connectivity index (χ0v) is 96.9. The third-order valence-electron chi connectivity index (χ3n) is 21.2. The lowest BCUT2D eigenvalue weighted by atomic mass is 9.95. The average Bonchev–Trinajstić information content (AvgIpc) is 0.738. The van der Waals surface area contributed by atoms with E-state index in [0.717, 1.165) is 3.57 Å². The van der Waals surface area contributed by atoms with E-state index in [4.69, 9.17) is 169 Å². The minimum Gasteiger partial charge on any atom is -0.502 e. The zero-order chi connectivity index (χ0) is 110. The number of ether oxygens (including phenoxy) is 11. The Bertz CT molecular complexity index is 6640. The molecule has 0 fully saturated rings. The van der Waals surface area contributed by atoms with Crippen molar-refractivity contribution in [3.05, 3.63) is 64.7 Å². The number of rotatable bonds is 17. The van der Waals surface area contributed by atoms with Gasteiger partial charge in [-0.1, -0.05) is 197 Å². The number of aromatic hydroxyl groups is 1. The van der Waals surface area contributed by atoms with Crippen LogP contribution in [0.3, 0.4) is 0 Å². The number of phenolic OH excluding ortho intramolecular Hbond substituents is 1. The van der Waals surface area contributed by atoms with E-state index in [9.17, 15) is 19.1 Å². The number of phenols is 1. The highest BCUT2D eigenvalue weighted by molar-refractivity contribution is 14.1. The molecule has 145 heavy (non-hydrogen) atoms. The smallest absolute Gasteiger partial charge is 0.223 e. The molecule has 12 rings (SSSR count). The van der Waals surface area contributed by atoms with E-state index in [2.05, 4.69) is 110 Å². The van der Waals surface area contributed by atoms with Gasteiger partial charge in [-0.25, -0.2) is 68.6 Å². The van der Waals surface area contributed by atoms with Crippen molar-refractivity contribution in [2.45, 2.75) is 199 Å². The topological polar surface area (TPSA) is 521 Å².